The molecule has 1 heteroatoms. The summed E-state index contributed by atoms with van der Waals surface area (Å²) in [7, 11) is 0. The first kappa shape index (κ1) is 8.98. The molecule has 2 aliphatic carbocycles. The van der Waals surface area contributed by atoms with Crippen molar-refractivity contribution in [1.82, 2.24) is 0 Å². The normalized spacial score (nSPS) is 41.2. The summed E-state index contributed by atoms with van der Waals surface area (Å²) in [5, 5.41) is 0. The summed E-state index contributed by atoms with van der Waals surface area (Å²) in [6.45, 7) is 10.4. The van der Waals surface area contributed by atoms with Crippen LogP contribution in [0.25, 0.3) is 0 Å². The van der Waals surface area contributed by atoms with Crippen molar-refractivity contribution in [2.75, 3.05) is 0 Å². The molecule has 3 atom stereocenters. The van der Waals surface area contributed by atoms with Gasteiger partial charge < -0.3 is 0 Å². The number of Topliss-reactive ketones (excluding diaryl/α,β-unsaturated/α-hetero) is 1. The van der Waals surface area contributed by atoms with Crippen molar-refractivity contribution in [1.29, 1.82) is 0 Å². The molecular weight excluding hydrogens is 160 g/mol. The van der Waals surface area contributed by atoms with E-state index in [1.807, 2.05) is 0 Å². The van der Waals surface area contributed by atoms with Crippen molar-refractivity contribution in [3.05, 3.63) is 12.2 Å². The largest absolute Gasteiger partial charge is 0.299 e. The molecule has 2 saturated carbocycles. The molecule has 1 nitrogen and oxygen atoms in total. The maximum Gasteiger partial charge on any atom is 0.136 e. The third kappa shape index (κ3) is 1.17. The van der Waals surface area contributed by atoms with E-state index in [1.165, 1.54) is 5.57 Å². The summed E-state index contributed by atoms with van der Waals surface area (Å²) in [6.07, 6.45) is 2.15. The molecule has 0 aliphatic heterocycles. The van der Waals surface area contributed by atoms with Gasteiger partial charge in [0.05, 0.1) is 0 Å². The highest BCUT2D eigenvalue weighted by molar-refractivity contribution is 5.81. The first-order valence-corrected chi connectivity index (χ1v) is 5.12. The second-order valence-electron chi connectivity index (χ2n) is 5.30. The van der Waals surface area contributed by atoms with Crippen molar-refractivity contribution in [2.24, 2.45) is 23.2 Å². The van der Waals surface area contributed by atoms with Gasteiger partial charge in [-0.2, -0.15) is 0 Å². The van der Waals surface area contributed by atoms with Crippen LogP contribution in [0.2, 0.25) is 0 Å². The lowest BCUT2D eigenvalue weighted by Gasteiger charge is -2.20. The standard InChI is InChI=1S/C12H18O/c1-7-5-10-11(12(10,3)4)6-9(7)8(2)13/h9-11H,1,5-6H2,2-4H3. The molecule has 2 aliphatic rings. The Balaban J connectivity index is 2.14. The van der Waals surface area contributed by atoms with Crippen LogP contribution in [0.4, 0.5) is 0 Å². The second kappa shape index (κ2) is 2.46. The van der Waals surface area contributed by atoms with E-state index >= 15 is 0 Å². The van der Waals surface area contributed by atoms with E-state index in [4.69, 9.17) is 0 Å². The van der Waals surface area contributed by atoms with Gasteiger partial charge in [-0.15, -0.1) is 0 Å². The molecule has 72 valence electrons. The molecule has 0 spiro atoms. The number of allylic oxidation sites excluding steroid dienone is 1. The number of rotatable bonds is 1. The number of fused-ring (bicyclic) bond motifs is 1. The lowest BCUT2D eigenvalue weighted by molar-refractivity contribution is -0.120. The zero-order valence-electron chi connectivity index (χ0n) is 8.76. The van der Waals surface area contributed by atoms with Crippen LogP contribution in [0.5, 0.6) is 0 Å². The van der Waals surface area contributed by atoms with Gasteiger partial charge >= 0.3 is 0 Å². The molecule has 13 heavy (non-hydrogen) atoms. The van der Waals surface area contributed by atoms with E-state index in [9.17, 15) is 4.79 Å². The summed E-state index contributed by atoms with van der Waals surface area (Å²) in [5.74, 6) is 2.08. The topological polar surface area (TPSA) is 17.1 Å². The molecule has 0 saturated heterocycles. The Hall–Kier alpha value is -0.590. The number of carbonyl (C=O) groups is 1. The molecule has 0 amide bonds. The van der Waals surface area contributed by atoms with Gasteiger partial charge in [-0.05, 0) is 37.0 Å². The predicted molar refractivity (Wildman–Crippen MR) is 53.3 cm³/mol. The summed E-state index contributed by atoms with van der Waals surface area (Å²) in [5.41, 5.74) is 1.66. The Morgan fingerprint density at radius 1 is 1.46 bits per heavy atom. The minimum absolute atomic E-state index is 0.169. The second-order valence-corrected chi connectivity index (χ2v) is 5.30. The van der Waals surface area contributed by atoms with Crippen LogP contribution in [0, 0.1) is 23.2 Å². The van der Waals surface area contributed by atoms with Gasteiger partial charge in [-0.1, -0.05) is 26.0 Å². The Labute approximate surface area is 80.2 Å². The highest BCUT2D eigenvalue weighted by Gasteiger charge is 2.60. The summed E-state index contributed by atoms with van der Waals surface area (Å²) in [4.78, 5) is 11.3. The van der Waals surface area contributed by atoms with Crippen molar-refractivity contribution in [2.45, 2.75) is 33.6 Å². The van der Waals surface area contributed by atoms with E-state index in [2.05, 4.69) is 20.4 Å². The molecule has 3 unspecified atom stereocenters. The lowest BCUT2D eigenvalue weighted by Crippen LogP contribution is -2.18. The van der Waals surface area contributed by atoms with E-state index < -0.39 is 0 Å². The van der Waals surface area contributed by atoms with Gasteiger partial charge in [0.25, 0.3) is 0 Å². The van der Waals surface area contributed by atoms with Gasteiger partial charge in [0.2, 0.25) is 0 Å². The predicted octanol–water partition coefficient (Wildman–Crippen LogP) is 2.81. The van der Waals surface area contributed by atoms with Crippen molar-refractivity contribution in [3.8, 4) is 0 Å². The third-order valence-corrected chi connectivity index (χ3v) is 4.24. The van der Waals surface area contributed by atoms with Gasteiger partial charge in [-0.3, -0.25) is 4.79 Å². The highest BCUT2D eigenvalue weighted by Crippen LogP contribution is 2.66. The third-order valence-electron chi connectivity index (χ3n) is 4.24. The minimum atomic E-state index is 0.169. The fourth-order valence-electron chi connectivity index (χ4n) is 3.03. The Kier molecular flexibility index (Phi) is 1.70. The highest BCUT2D eigenvalue weighted by atomic mass is 16.1. The summed E-state index contributed by atoms with van der Waals surface area (Å²) < 4.78 is 0. The van der Waals surface area contributed by atoms with Crippen molar-refractivity contribution in [3.63, 3.8) is 0 Å². The van der Waals surface area contributed by atoms with Crippen molar-refractivity contribution < 1.29 is 4.79 Å². The number of hydrogen-bond acceptors (Lipinski definition) is 1. The Morgan fingerprint density at radius 3 is 2.62 bits per heavy atom. The zero-order valence-corrected chi connectivity index (χ0v) is 8.76. The number of carbonyl (C=O) groups excluding carboxylic acids is 1. The summed E-state index contributed by atoms with van der Waals surface area (Å²) in [6, 6.07) is 0. The zero-order chi connectivity index (χ0) is 9.80. The van der Waals surface area contributed by atoms with E-state index in [0.717, 1.165) is 24.7 Å². The van der Waals surface area contributed by atoms with Crippen LogP contribution in [-0.4, -0.2) is 5.78 Å². The SMILES string of the molecule is C=C1CC2C(CC1C(C)=O)C2(C)C. The van der Waals surface area contributed by atoms with Gasteiger partial charge in [0.1, 0.15) is 5.78 Å². The molecule has 0 aromatic heterocycles. The Morgan fingerprint density at radius 2 is 2.08 bits per heavy atom. The van der Waals surface area contributed by atoms with Crippen molar-refractivity contribution >= 4 is 5.78 Å². The number of hydrogen-bond donors (Lipinski definition) is 0. The van der Waals surface area contributed by atoms with Crippen LogP contribution in [0.3, 0.4) is 0 Å². The molecular formula is C12H18O. The molecule has 0 heterocycles. The van der Waals surface area contributed by atoms with E-state index in [0.29, 0.717) is 11.2 Å². The van der Waals surface area contributed by atoms with Crippen LogP contribution in [-0.2, 0) is 4.79 Å². The maximum atomic E-state index is 11.3. The minimum Gasteiger partial charge on any atom is -0.299 e. The monoisotopic (exact) mass is 178 g/mol. The Bertz CT molecular complexity index is 275. The molecule has 0 aromatic rings. The number of ketones is 1. The molecule has 2 rings (SSSR count). The molecule has 0 radical (unpaired) electrons. The van der Waals surface area contributed by atoms with Gasteiger partial charge in [0.15, 0.2) is 0 Å². The molecule has 0 aromatic carbocycles. The maximum absolute atomic E-state index is 11.3. The first-order valence-electron chi connectivity index (χ1n) is 5.12. The first-order chi connectivity index (χ1) is 5.94. The van der Waals surface area contributed by atoms with Gasteiger partial charge in [0, 0.05) is 5.92 Å². The van der Waals surface area contributed by atoms with Crippen LogP contribution in [0.15, 0.2) is 12.2 Å². The fraction of sp³-hybridized carbons (Fsp3) is 0.750. The quantitative estimate of drug-likeness (QED) is 0.564. The van der Waals surface area contributed by atoms with Crippen LogP contribution >= 0.6 is 0 Å². The van der Waals surface area contributed by atoms with Crippen LogP contribution in [0.1, 0.15) is 33.6 Å². The molecule has 0 bridgehead atoms. The lowest BCUT2D eigenvalue weighted by atomic mass is 9.83. The van der Waals surface area contributed by atoms with E-state index in [1.54, 1.807) is 6.92 Å². The summed E-state index contributed by atoms with van der Waals surface area (Å²) >= 11 is 0. The smallest absolute Gasteiger partial charge is 0.136 e. The molecule has 2 fully saturated rings. The van der Waals surface area contributed by atoms with E-state index in [-0.39, 0.29) is 5.92 Å². The van der Waals surface area contributed by atoms with Crippen LogP contribution < -0.4 is 0 Å². The fourth-order valence-corrected chi connectivity index (χ4v) is 3.03. The molecule has 0 N–H and O–H groups in total. The average Bonchev–Trinajstić information content (AvgIpc) is 2.52. The van der Waals surface area contributed by atoms with Gasteiger partial charge in [-0.25, -0.2) is 0 Å². The average molecular weight is 178 g/mol.